The number of nitrogens with one attached hydrogen (secondary N) is 1. The van der Waals surface area contributed by atoms with Crippen LogP contribution in [-0.4, -0.2) is 11.7 Å². The summed E-state index contributed by atoms with van der Waals surface area (Å²) in [6, 6.07) is 18.6. The zero-order valence-corrected chi connectivity index (χ0v) is 17.9. The van der Waals surface area contributed by atoms with E-state index in [1.54, 1.807) is 54.6 Å². The van der Waals surface area contributed by atoms with Crippen LogP contribution in [-0.2, 0) is 18.3 Å². The molecule has 0 saturated carbocycles. The van der Waals surface area contributed by atoms with Gasteiger partial charge in [-0.25, -0.2) is 0 Å². The summed E-state index contributed by atoms with van der Waals surface area (Å²) in [6.07, 6.45) is -4.40. The molecule has 0 spiro atoms. The number of aliphatic hydroxyl groups is 1. The van der Waals surface area contributed by atoms with E-state index in [0.717, 1.165) is 12.1 Å². The summed E-state index contributed by atoms with van der Waals surface area (Å²) in [5.74, 6) is 0. The van der Waals surface area contributed by atoms with Crippen LogP contribution in [0.3, 0.4) is 0 Å². The average molecular weight is 477 g/mol. The van der Waals surface area contributed by atoms with Crippen LogP contribution in [0.1, 0.15) is 22.3 Å². The Balaban J connectivity index is 0.00000320. The van der Waals surface area contributed by atoms with Crippen LogP contribution in [0.5, 0.6) is 0 Å². The molecule has 0 atom stereocenters. The third-order valence-corrected chi connectivity index (χ3v) is 5.11. The highest BCUT2D eigenvalue weighted by Crippen LogP contribution is 2.32. The van der Waals surface area contributed by atoms with Gasteiger partial charge in [0.25, 0.3) is 0 Å². The maximum Gasteiger partial charge on any atom is 0.416 e. The van der Waals surface area contributed by atoms with E-state index >= 15 is 0 Å². The summed E-state index contributed by atoms with van der Waals surface area (Å²) in [5, 5.41) is 15.6. The van der Waals surface area contributed by atoms with Gasteiger partial charge in [0.2, 0.25) is 0 Å². The van der Waals surface area contributed by atoms with Crippen LogP contribution < -0.4 is 5.32 Å². The molecule has 3 rings (SSSR count). The number of halogens is 6. The second-order valence-electron chi connectivity index (χ2n) is 6.68. The van der Waals surface area contributed by atoms with Crippen LogP contribution in [0.2, 0.25) is 10.0 Å². The maximum atomic E-state index is 12.9. The molecule has 0 aromatic heterocycles. The normalized spacial score (nSPS) is 11.8. The van der Waals surface area contributed by atoms with Gasteiger partial charge in [0.15, 0.2) is 0 Å². The SMILES string of the molecule is Cl.OC(CNCc1cccc(C(F)(F)F)c1)(c1ccc(Cl)cc1)c1ccc(Cl)cc1. The van der Waals surface area contributed by atoms with Crippen molar-refractivity contribution in [2.24, 2.45) is 0 Å². The Morgan fingerprint density at radius 2 is 1.27 bits per heavy atom. The molecule has 0 fully saturated rings. The molecule has 0 radical (unpaired) electrons. The van der Waals surface area contributed by atoms with Crippen molar-refractivity contribution in [2.45, 2.75) is 18.3 Å². The van der Waals surface area contributed by atoms with Gasteiger partial charge in [0.1, 0.15) is 5.60 Å². The van der Waals surface area contributed by atoms with E-state index in [1.165, 1.54) is 6.07 Å². The monoisotopic (exact) mass is 475 g/mol. The van der Waals surface area contributed by atoms with Gasteiger partial charge in [0, 0.05) is 23.1 Å². The molecule has 2 N–H and O–H groups in total. The molecule has 3 aromatic rings. The summed E-state index contributed by atoms with van der Waals surface area (Å²) in [5.41, 5.74) is -0.463. The largest absolute Gasteiger partial charge is 0.416 e. The van der Waals surface area contributed by atoms with Gasteiger partial charge in [-0.1, -0.05) is 65.7 Å². The fourth-order valence-corrected chi connectivity index (χ4v) is 3.32. The van der Waals surface area contributed by atoms with Gasteiger partial charge in [-0.3, -0.25) is 0 Å². The molecule has 0 aliphatic carbocycles. The van der Waals surface area contributed by atoms with Crippen molar-refractivity contribution < 1.29 is 18.3 Å². The van der Waals surface area contributed by atoms with E-state index in [2.05, 4.69) is 5.32 Å². The predicted molar refractivity (Wildman–Crippen MR) is 116 cm³/mol. The number of alkyl halides is 3. The molecular weight excluding hydrogens is 458 g/mol. The Hall–Kier alpha value is -1.76. The third kappa shape index (κ3) is 5.90. The highest BCUT2D eigenvalue weighted by molar-refractivity contribution is 6.30. The van der Waals surface area contributed by atoms with Gasteiger partial charge in [0.05, 0.1) is 5.56 Å². The summed E-state index contributed by atoms with van der Waals surface area (Å²) >= 11 is 11.9. The van der Waals surface area contributed by atoms with Gasteiger partial charge < -0.3 is 10.4 Å². The Labute approximate surface area is 189 Å². The number of benzene rings is 3. The summed E-state index contributed by atoms with van der Waals surface area (Å²) in [7, 11) is 0. The molecule has 0 aliphatic heterocycles. The Bertz CT molecular complexity index is 915. The van der Waals surface area contributed by atoms with E-state index in [9.17, 15) is 18.3 Å². The molecule has 2 nitrogen and oxygen atoms in total. The van der Waals surface area contributed by atoms with E-state index in [-0.39, 0.29) is 25.5 Å². The Morgan fingerprint density at radius 3 is 1.73 bits per heavy atom. The first-order chi connectivity index (χ1) is 13.7. The van der Waals surface area contributed by atoms with Crippen LogP contribution >= 0.6 is 35.6 Å². The fourth-order valence-electron chi connectivity index (χ4n) is 3.07. The summed E-state index contributed by atoms with van der Waals surface area (Å²) in [6.45, 7) is 0.236. The molecule has 30 heavy (non-hydrogen) atoms. The highest BCUT2D eigenvalue weighted by Gasteiger charge is 2.32. The second kappa shape index (κ2) is 10.0. The lowest BCUT2D eigenvalue weighted by molar-refractivity contribution is -0.137. The number of hydrogen-bond acceptors (Lipinski definition) is 2. The molecule has 0 saturated heterocycles. The third-order valence-electron chi connectivity index (χ3n) is 4.61. The standard InChI is InChI=1S/C22H18Cl2F3NO.ClH/c23-19-8-4-16(5-9-19)21(29,17-6-10-20(24)11-7-17)14-28-13-15-2-1-3-18(12-15)22(25,26)27;/h1-12,28-29H,13-14H2;1H. The van der Waals surface area contributed by atoms with E-state index in [1.807, 2.05) is 0 Å². The average Bonchev–Trinajstić information content (AvgIpc) is 2.68. The topological polar surface area (TPSA) is 32.3 Å². The summed E-state index contributed by atoms with van der Waals surface area (Å²) < 4.78 is 38.7. The van der Waals surface area contributed by atoms with Gasteiger partial charge in [-0.15, -0.1) is 12.4 Å². The van der Waals surface area contributed by atoms with Crippen LogP contribution in [0, 0.1) is 0 Å². The van der Waals surface area contributed by atoms with Crippen molar-refractivity contribution in [1.29, 1.82) is 0 Å². The molecule has 0 heterocycles. The molecule has 3 aromatic carbocycles. The van der Waals surface area contributed by atoms with E-state index in [4.69, 9.17) is 23.2 Å². The first-order valence-electron chi connectivity index (χ1n) is 8.80. The highest BCUT2D eigenvalue weighted by atomic mass is 35.5. The molecule has 8 heteroatoms. The summed E-state index contributed by atoms with van der Waals surface area (Å²) in [4.78, 5) is 0. The molecule has 0 amide bonds. The minimum Gasteiger partial charge on any atom is -0.379 e. The van der Waals surface area contributed by atoms with Crippen LogP contribution in [0.15, 0.2) is 72.8 Å². The zero-order chi connectivity index (χ0) is 21.1. The Morgan fingerprint density at radius 1 is 0.767 bits per heavy atom. The molecule has 0 bridgehead atoms. The van der Waals surface area contributed by atoms with E-state index in [0.29, 0.717) is 26.7 Å². The molecule has 0 unspecified atom stereocenters. The first kappa shape index (κ1) is 24.5. The first-order valence-corrected chi connectivity index (χ1v) is 9.55. The lowest BCUT2D eigenvalue weighted by Gasteiger charge is -2.30. The fraction of sp³-hybridized carbons (Fsp3) is 0.182. The second-order valence-corrected chi connectivity index (χ2v) is 7.55. The lowest BCUT2D eigenvalue weighted by Crippen LogP contribution is -2.39. The zero-order valence-electron chi connectivity index (χ0n) is 15.6. The predicted octanol–water partition coefficient (Wildman–Crippen LogP) is 6.46. The minimum atomic E-state index is -4.40. The molecule has 0 aliphatic rings. The number of hydrogen-bond donors (Lipinski definition) is 2. The van der Waals surface area contributed by atoms with Gasteiger partial charge >= 0.3 is 6.18 Å². The van der Waals surface area contributed by atoms with Crippen molar-refractivity contribution in [3.63, 3.8) is 0 Å². The van der Waals surface area contributed by atoms with Crippen LogP contribution in [0.25, 0.3) is 0 Å². The van der Waals surface area contributed by atoms with Crippen molar-refractivity contribution in [3.05, 3.63) is 105 Å². The van der Waals surface area contributed by atoms with Gasteiger partial charge in [-0.05, 0) is 47.0 Å². The lowest BCUT2D eigenvalue weighted by atomic mass is 9.86. The van der Waals surface area contributed by atoms with Crippen molar-refractivity contribution in [2.75, 3.05) is 6.54 Å². The van der Waals surface area contributed by atoms with Crippen molar-refractivity contribution in [3.8, 4) is 0 Å². The van der Waals surface area contributed by atoms with Crippen molar-refractivity contribution in [1.82, 2.24) is 5.32 Å². The Kier molecular flexibility index (Phi) is 8.20. The van der Waals surface area contributed by atoms with E-state index < -0.39 is 17.3 Å². The van der Waals surface area contributed by atoms with Crippen molar-refractivity contribution >= 4 is 35.6 Å². The maximum absolute atomic E-state index is 12.9. The number of rotatable bonds is 6. The molecule has 160 valence electrons. The smallest absolute Gasteiger partial charge is 0.379 e. The molecular formula is C22H19Cl3F3NO. The minimum absolute atomic E-state index is 0. The quantitative estimate of drug-likeness (QED) is 0.428. The van der Waals surface area contributed by atoms with Gasteiger partial charge in [-0.2, -0.15) is 13.2 Å². The van der Waals surface area contributed by atoms with Crippen LogP contribution in [0.4, 0.5) is 13.2 Å².